The normalized spacial score (nSPS) is 10.7. The van der Waals surface area contributed by atoms with Crippen LogP contribution in [0.5, 0.6) is 0 Å². The van der Waals surface area contributed by atoms with Gasteiger partial charge in [-0.3, -0.25) is 9.78 Å². The first kappa shape index (κ1) is 12.7. The lowest BCUT2D eigenvalue weighted by molar-refractivity contribution is -0.115. The zero-order valence-corrected chi connectivity index (χ0v) is 11.8. The Bertz CT molecular complexity index is 752. The van der Waals surface area contributed by atoms with E-state index in [-0.39, 0.29) is 12.3 Å². The molecule has 1 N–H and O–H groups in total. The minimum atomic E-state index is -0.0741. The minimum absolute atomic E-state index is 0.0741. The van der Waals surface area contributed by atoms with Crippen molar-refractivity contribution in [2.75, 3.05) is 5.32 Å². The highest BCUT2D eigenvalue weighted by Crippen LogP contribution is 2.24. The van der Waals surface area contributed by atoms with Crippen molar-refractivity contribution in [3.63, 3.8) is 0 Å². The maximum Gasteiger partial charge on any atom is 0.230 e. The molecule has 3 rings (SSSR count). The first-order chi connectivity index (χ1) is 9.70. The van der Waals surface area contributed by atoms with Crippen LogP contribution < -0.4 is 5.32 Å². The number of carbonyl (C=O) groups excluding carboxylic acids is 1. The van der Waals surface area contributed by atoms with Crippen LogP contribution in [0.25, 0.3) is 10.2 Å². The van der Waals surface area contributed by atoms with Crippen molar-refractivity contribution in [2.24, 2.45) is 0 Å². The van der Waals surface area contributed by atoms with Gasteiger partial charge in [0.15, 0.2) is 0 Å². The molecule has 1 aromatic carbocycles. The number of nitrogens with zero attached hydrogens (tertiary/aromatic N) is 2. The maximum absolute atomic E-state index is 12.0. The Morgan fingerprint density at radius 1 is 1.30 bits per heavy atom. The number of carbonyl (C=O) groups is 1. The van der Waals surface area contributed by atoms with Gasteiger partial charge in [0.1, 0.15) is 0 Å². The van der Waals surface area contributed by atoms with Crippen molar-refractivity contribution >= 4 is 33.1 Å². The number of aromatic nitrogens is 2. The fraction of sp³-hybridized carbons (Fsp3) is 0.133. The van der Waals surface area contributed by atoms with Gasteiger partial charge < -0.3 is 5.32 Å². The van der Waals surface area contributed by atoms with Gasteiger partial charge in [0.05, 0.1) is 21.6 Å². The predicted octanol–water partition coefficient (Wildman–Crippen LogP) is 3.18. The lowest BCUT2D eigenvalue weighted by Crippen LogP contribution is -2.14. The number of hydrogen-bond donors (Lipinski definition) is 1. The van der Waals surface area contributed by atoms with Gasteiger partial charge in [-0.1, -0.05) is 6.07 Å². The molecule has 2 aromatic heterocycles. The van der Waals surface area contributed by atoms with E-state index in [0.29, 0.717) is 0 Å². The number of amides is 1. The van der Waals surface area contributed by atoms with Crippen molar-refractivity contribution in [2.45, 2.75) is 13.3 Å². The highest BCUT2D eigenvalue weighted by Gasteiger charge is 2.06. The summed E-state index contributed by atoms with van der Waals surface area (Å²) in [5.41, 5.74) is 2.45. The van der Waals surface area contributed by atoms with E-state index in [2.05, 4.69) is 15.3 Å². The van der Waals surface area contributed by atoms with Gasteiger partial charge in [0.25, 0.3) is 0 Å². The summed E-state index contributed by atoms with van der Waals surface area (Å²) in [6.07, 6.45) is 1.96. The van der Waals surface area contributed by atoms with E-state index in [1.54, 1.807) is 17.5 Å². The summed E-state index contributed by atoms with van der Waals surface area (Å²) in [6.45, 7) is 1.98. The third kappa shape index (κ3) is 2.83. The fourth-order valence-electron chi connectivity index (χ4n) is 1.99. The molecule has 0 radical (unpaired) electrons. The number of pyridine rings is 1. The molecule has 0 atom stereocenters. The van der Waals surface area contributed by atoms with Gasteiger partial charge in [0.2, 0.25) is 5.91 Å². The van der Waals surface area contributed by atoms with Crippen molar-refractivity contribution in [1.82, 2.24) is 9.97 Å². The molecule has 0 saturated carbocycles. The third-order valence-electron chi connectivity index (χ3n) is 2.85. The number of anilines is 1. The molecule has 0 aliphatic heterocycles. The molecular formula is C15H13N3OS. The van der Waals surface area contributed by atoms with E-state index in [4.69, 9.17) is 0 Å². The molecule has 0 unspecified atom stereocenters. The zero-order chi connectivity index (χ0) is 13.9. The van der Waals surface area contributed by atoms with Crippen LogP contribution in [0.1, 0.15) is 10.7 Å². The fourth-order valence-corrected chi connectivity index (χ4v) is 2.80. The Morgan fingerprint density at radius 2 is 2.20 bits per heavy atom. The van der Waals surface area contributed by atoms with Crippen LogP contribution in [0.3, 0.4) is 0 Å². The SMILES string of the molecule is Cc1nc2cc(NC(=O)Cc3ccccn3)ccc2s1. The molecule has 0 bridgehead atoms. The van der Waals surface area contributed by atoms with Crippen molar-refractivity contribution < 1.29 is 4.79 Å². The predicted molar refractivity (Wildman–Crippen MR) is 80.9 cm³/mol. The van der Waals surface area contributed by atoms with E-state index in [9.17, 15) is 4.79 Å². The summed E-state index contributed by atoms with van der Waals surface area (Å²) >= 11 is 1.65. The number of thiazole rings is 1. The molecule has 0 spiro atoms. The minimum Gasteiger partial charge on any atom is -0.326 e. The zero-order valence-electron chi connectivity index (χ0n) is 11.0. The van der Waals surface area contributed by atoms with Gasteiger partial charge in [0, 0.05) is 17.6 Å². The lowest BCUT2D eigenvalue weighted by atomic mass is 10.2. The van der Waals surface area contributed by atoms with Crippen LogP contribution in [0.15, 0.2) is 42.6 Å². The number of rotatable bonds is 3. The summed E-state index contributed by atoms with van der Waals surface area (Å²) in [7, 11) is 0. The summed E-state index contributed by atoms with van der Waals surface area (Å²) in [6, 6.07) is 11.3. The average molecular weight is 283 g/mol. The van der Waals surface area contributed by atoms with Crippen LogP contribution >= 0.6 is 11.3 Å². The van der Waals surface area contributed by atoms with Crippen LogP contribution in [0.4, 0.5) is 5.69 Å². The number of fused-ring (bicyclic) bond motifs is 1. The van der Waals surface area contributed by atoms with E-state index in [0.717, 1.165) is 26.6 Å². The van der Waals surface area contributed by atoms with Crippen molar-refractivity contribution in [3.05, 3.63) is 53.3 Å². The number of benzene rings is 1. The Hall–Kier alpha value is -2.27. The molecule has 0 aliphatic carbocycles. The highest BCUT2D eigenvalue weighted by atomic mass is 32.1. The molecular weight excluding hydrogens is 270 g/mol. The van der Waals surface area contributed by atoms with Crippen LogP contribution in [0, 0.1) is 6.92 Å². The molecule has 3 aromatic rings. The van der Waals surface area contributed by atoms with Crippen LogP contribution in [0.2, 0.25) is 0 Å². The second kappa shape index (κ2) is 5.38. The first-order valence-corrected chi connectivity index (χ1v) is 7.09. The third-order valence-corrected chi connectivity index (χ3v) is 3.80. The summed E-state index contributed by atoms with van der Waals surface area (Å²) < 4.78 is 1.13. The molecule has 2 heterocycles. The molecule has 0 fully saturated rings. The maximum atomic E-state index is 12.0. The van der Waals surface area contributed by atoms with Gasteiger partial charge in [-0.05, 0) is 37.3 Å². The quantitative estimate of drug-likeness (QED) is 0.803. The van der Waals surface area contributed by atoms with Gasteiger partial charge in [-0.15, -0.1) is 11.3 Å². The Morgan fingerprint density at radius 3 is 3.00 bits per heavy atom. The Labute approximate surface area is 120 Å². The number of hydrogen-bond acceptors (Lipinski definition) is 4. The molecule has 4 nitrogen and oxygen atoms in total. The summed E-state index contributed by atoms with van der Waals surface area (Å²) in [5.74, 6) is -0.0741. The van der Waals surface area contributed by atoms with E-state index in [1.165, 1.54) is 0 Å². The molecule has 5 heteroatoms. The average Bonchev–Trinajstić information content (AvgIpc) is 2.79. The number of aryl methyl sites for hydroxylation is 1. The van der Waals surface area contributed by atoms with E-state index >= 15 is 0 Å². The summed E-state index contributed by atoms with van der Waals surface area (Å²) in [4.78, 5) is 20.5. The second-order valence-corrected chi connectivity index (χ2v) is 5.70. The molecule has 1 amide bonds. The molecule has 100 valence electrons. The van der Waals surface area contributed by atoms with Gasteiger partial charge in [-0.2, -0.15) is 0 Å². The largest absolute Gasteiger partial charge is 0.326 e. The first-order valence-electron chi connectivity index (χ1n) is 6.28. The molecule has 0 aliphatic rings. The number of nitrogens with one attached hydrogen (secondary N) is 1. The molecule has 20 heavy (non-hydrogen) atoms. The second-order valence-electron chi connectivity index (χ2n) is 4.46. The topological polar surface area (TPSA) is 54.9 Å². The molecule has 0 saturated heterocycles. The van der Waals surface area contributed by atoms with Crippen molar-refractivity contribution in [3.8, 4) is 0 Å². The summed E-state index contributed by atoms with van der Waals surface area (Å²) in [5, 5.41) is 3.90. The monoisotopic (exact) mass is 283 g/mol. The standard InChI is InChI=1S/C15H13N3OS/c1-10-17-13-8-12(5-6-14(13)20-10)18-15(19)9-11-4-2-3-7-16-11/h2-8H,9H2,1H3,(H,18,19). The van der Waals surface area contributed by atoms with Gasteiger partial charge in [-0.25, -0.2) is 4.98 Å². The van der Waals surface area contributed by atoms with Crippen LogP contribution in [-0.4, -0.2) is 15.9 Å². The van der Waals surface area contributed by atoms with Gasteiger partial charge >= 0.3 is 0 Å². The Balaban J connectivity index is 1.74. The Kier molecular flexibility index (Phi) is 3.43. The lowest BCUT2D eigenvalue weighted by Gasteiger charge is -2.04. The van der Waals surface area contributed by atoms with Crippen molar-refractivity contribution in [1.29, 1.82) is 0 Å². The highest BCUT2D eigenvalue weighted by molar-refractivity contribution is 7.18. The smallest absolute Gasteiger partial charge is 0.230 e. The van der Waals surface area contributed by atoms with E-state index in [1.807, 2.05) is 43.3 Å². The van der Waals surface area contributed by atoms with Crippen LogP contribution in [-0.2, 0) is 11.2 Å². The van der Waals surface area contributed by atoms with E-state index < -0.39 is 0 Å².